The van der Waals surface area contributed by atoms with Gasteiger partial charge in [0.05, 0.1) is 10.2 Å². The summed E-state index contributed by atoms with van der Waals surface area (Å²) >= 11 is 2.98. The molecule has 6 heteroatoms. The molecule has 2 aromatic carbocycles. The van der Waals surface area contributed by atoms with Crippen molar-refractivity contribution in [1.29, 1.82) is 5.26 Å². The van der Waals surface area contributed by atoms with Crippen molar-refractivity contribution in [2.24, 2.45) is 0 Å². The second-order valence-corrected chi connectivity index (χ2v) is 4.71. The van der Waals surface area contributed by atoms with Gasteiger partial charge in [0, 0.05) is 5.56 Å². The maximum absolute atomic E-state index is 13.4. The van der Waals surface area contributed by atoms with E-state index in [-0.39, 0.29) is 21.3 Å². The molecular weight excluding hydrogens is 330 g/mol. The van der Waals surface area contributed by atoms with E-state index in [0.717, 1.165) is 12.1 Å². The van der Waals surface area contributed by atoms with E-state index in [2.05, 4.69) is 21.2 Å². The number of halogens is 3. The van der Waals surface area contributed by atoms with Crippen LogP contribution in [-0.2, 0) is 0 Å². The number of benzene rings is 2. The minimum atomic E-state index is -0.729. The summed E-state index contributed by atoms with van der Waals surface area (Å²) < 4.78 is 27.0. The summed E-state index contributed by atoms with van der Waals surface area (Å²) in [5, 5.41) is 11.2. The summed E-state index contributed by atoms with van der Waals surface area (Å²) in [6, 6.07) is 9.40. The number of carbonyl (C=O) groups is 1. The molecule has 0 atom stereocenters. The van der Waals surface area contributed by atoms with Gasteiger partial charge in [0.25, 0.3) is 5.91 Å². The van der Waals surface area contributed by atoms with Gasteiger partial charge in [-0.15, -0.1) is 0 Å². The van der Waals surface area contributed by atoms with E-state index in [9.17, 15) is 13.6 Å². The maximum atomic E-state index is 13.4. The third-order valence-electron chi connectivity index (χ3n) is 2.56. The Kier molecular flexibility index (Phi) is 4.11. The first-order valence-electron chi connectivity index (χ1n) is 5.48. The molecule has 0 bridgehead atoms. The number of amides is 1. The van der Waals surface area contributed by atoms with Crippen molar-refractivity contribution in [1.82, 2.24) is 0 Å². The largest absolute Gasteiger partial charge is 0.321 e. The van der Waals surface area contributed by atoms with E-state index in [1.54, 1.807) is 6.07 Å². The van der Waals surface area contributed by atoms with Crippen LogP contribution in [-0.4, -0.2) is 5.91 Å². The Balaban J connectivity index is 2.31. The molecule has 0 aromatic heterocycles. The molecule has 0 radical (unpaired) electrons. The van der Waals surface area contributed by atoms with Gasteiger partial charge in [0.1, 0.15) is 23.3 Å². The summed E-state index contributed by atoms with van der Waals surface area (Å²) in [7, 11) is 0. The number of hydrogen-bond donors (Lipinski definition) is 1. The fourth-order valence-corrected chi connectivity index (χ4v) is 1.82. The molecule has 20 heavy (non-hydrogen) atoms. The number of hydrogen-bond acceptors (Lipinski definition) is 2. The van der Waals surface area contributed by atoms with Crippen molar-refractivity contribution in [3.8, 4) is 6.07 Å². The Bertz CT molecular complexity index is 726. The van der Waals surface area contributed by atoms with E-state index in [1.165, 1.54) is 24.3 Å². The molecule has 0 saturated carbocycles. The molecule has 0 aliphatic carbocycles. The zero-order valence-electron chi connectivity index (χ0n) is 9.95. The molecule has 1 amide bonds. The highest BCUT2D eigenvalue weighted by atomic mass is 79.9. The highest BCUT2D eigenvalue weighted by molar-refractivity contribution is 9.10. The molecule has 0 spiro atoms. The number of rotatable bonds is 2. The number of nitrogens with zero attached hydrogens (tertiary/aromatic N) is 1. The molecule has 2 aromatic rings. The SMILES string of the molecule is N#Cc1c(F)cccc1NC(=O)c1ccc(Br)c(F)c1. The average molecular weight is 337 g/mol. The fourth-order valence-electron chi connectivity index (χ4n) is 1.57. The van der Waals surface area contributed by atoms with Gasteiger partial charge in [-0.25, -0.2) is 8.78 Å². The lowest BCUT2D eigenvalue weighted by molar-refractivity contribution is 0.102. The van der Waals surface area contributed by atoms with Gasteiger partial charge >= 0.3 is 0 Å². The van der Waals surface area contributed by atoms with Crippen molar-refractivity contribution in [2.75, 3.05) is 5.32 Å². The summed E-state index contributed by atoms with van der Waals surface area (Å²) in [4.78, 5) is 11.9. The third kappa shape index (κ3) is 2.83. The van der Waals surface area contributed by atoms with Crippen LogP contribution in [0.1, 0.15) is 15.9 Å². The highest BCUT2D eigenvalue weighted by Crippen LogP contribution is 2.20. The van der Waals surface area contributed by atoms with Gasteiger partial charge in [-0.3, -0.25) is 4.79 Å². The first-order valence-corrected chi connectivity index (χ1v) is 6.27. The van der Waals surface area contributed by atoms with E-state index in [4.69, 9.17) is 5.26 Å². The Morgan fingerprint density at radius 3 is 2.60 bits per heavy atom. The van der Waals surface area contributed by atoms with Gasteiger partial charge in [-0.2, -0.15) is 5.26 Å². The molecule has 1 N–H and O–H groups in total. The second-order valence-electron chi connectivity index (χ2n) is 3.86. The first-order chi connectivity index (χ1) is 9.52. The average Bonchev–Trinajstić information content (AvgIpc) is 2.42. The van der Waals surface area contributed by atoms with Crippen LogP contribution in [0.3, 0.4) is 0 Å². The standard InChI is InChI=1S/C14H7BrF2N2O/c15-10-5-4-8(6-12(10)17)14(20)19-13-3-1-2-11(16)9(13)7-18/h1-6H,(H,19,20). The molecule has 0 aliphatic heterocycles. The third-order valence-corrected chi connectivity index (χ3v) is 3.20. The molecule has 2 rings (SSSR count). The molecule has 0 unspecified atom stereocenters. The summed E-state index contributed by atoms with van der Waals surface area (Å²) in [6.07, 6.45) is 0. The van der Waals surface area contributed by atoms with Crippen LogP contribution in [0, 0.1) is 23.0 Å². The number of nitriles is 1. The Morgan fingerprint density at radius 2 is 1.95 bits per heavy atom. The highest BCUT2D eigenvalue weighted by Gasteiger charge is 2.13. The Morgan fingerprint density at radius 1 is 1.20 bits per heavy atom. The second kappa shape index (κ2) is 5.80. The van der Waals surface area contributed by atoms with E-state index < -0.39 is 17.5 Å². The van der Waals surface area contributed by atoms with Gasteiger partial charge in [-0.05, 0) is 46.3 Å². The molecule has 0 heterocycles. The van der Waals surface area contributed by atoms with Gasteiger partial charge in [0.2, 0.25) is 0 Å². The summed E-state index contributed by atoms with van der Waals surface area (Å²) in [6.45, 7) is 0. The van der Waals surface area contributed by atoms with Crippen molar-refractivity contribution < 1.29 is 13.6 Å². The van der Waals surface area contributed by atoms with E-state index in [0.29, 0.717) is 0 Å². The van der Waals surface area contributed by atoms with E-state index in [1.807, 2.05) is 0 Å². The van der Waals surface area contributed by atoms with Crippen molar-refractivity contribution >= 4 is 27.5 Å². The monoisotopic (exact) mass is 336 g/mol. The zero-order chi connectivity index (χ0) is 14.7. The maximum Gasteiger partial charge on any atom is 0.255 e. The number of carbonyl (C=O) groups excluding carboxylic acids is 1. The fraction of sp³-hybridized carbons (Fsp3) is 0. The van der Waals surface area contributed by atoms with Crippen LogP contribution in [0.2, 0.25) is 0 Å². The summed E-state index contributed by atoms with van der Waals surface area (Å²) in [5.74, 6) is -1.94. The van der Waals surface area contributed by atoms with Crippen LogP contribution in [0.5, 0.6) is 0 Å². The predicted octanol–water partition coefficient (Wildman–Crippen LogP) is 3.85. The smallest absolute Gasteiger partial charge is 0.255 e. The molecule has 0 aliphatic rings. The van der Waals surface area contributed by atoms with Gasteiger partial charge in [0.15, 0.2) is 0 Å². The van der Waals surface area contributed by atoms with Crippen molar-refractivity contribution in [3.05, 3.63) is 63.6 Å². The molecule has 0 fully saturated rings. The molecule has 3 nitrogen and oxygen atoms in total. The molecule has 0 saturated heterocycles. The molecular formula is C14H7BrF2N2O. The van der Waals surface area contributed by atoms with Crippen LogP contribution < -0.4 is 5.32 Å². The minimum Gasteiger partial charge on any atom is -0.321 e. The van der Waals surface area contributed by atoms with Gasteiger partial charge < -0.3 is 5.32 Å². The van der Waals surface area contributed by atoms with Crippen molar-refractivity contribution in [2.45, 2.75) is 0 Å². The van der Waals surface area contributed by atoms with Crippen LogP contribution in [0.4, 0.5) is 14.5 Å². The van der Waals surface area contributed by atoms with Crippen molar-refractivity contribution in [3.63, 3.8) is 0 Å². The predicted molar refractivity (Wildman–Crippen MR) is 73.2 cm³/mol. The molecule has 100 valence electrons. The van der Waals surface area contributed by atoms with Gasteiger partial charge in [-0.1, -0.05) is 6.07 Å². The lowest BCUT2D eigenvalue weighted by Gasteiger charge is -2.08. The quantitative estimate of drug-likeness (QED) is 0.905. The minimum absolute atomic E-state index is 0.0424. The normalized spacial score (nSPS) is 9.90. The Labute approximate surface area is 122 Å². The Hall–Kier alpha value is -2.26. The lowest BCUT2D eigenvalue weighted by Crippen LogP contribution is -2.13. The van der Waals surface area contributed by atoms with Crippen LogP contribution in [0.15, 0.2) is 40.9 Å². The van der Waals surface area contributed by atoms with Crippen LogP contribution in [0.25, 0.3) is 0 Å². The van der Waals surface area contributed by atoms with E-state index >= 15 is 0 Å². The lowest BCUT2D eigenvalue weighted by atomic mass is 10.1. The number of nitrogens with one attached hydrogen (secondary N) is 1. The zero-order valence-corrected chi connectivity index (χ0v) is 11.5. The topological polar surface area (TPSA) is 52.9 Å². The van der Waals surface area contributed by atoms with Crippen LogP contribution >= 0.6 is 15.9 Å². The summed E-state index contributed by atoms with van der Waals surface area (Å²) in [5.41, 5.74) is -0.155. The number of anilines is 1. The first kappa shape index (κ1) is 14.2.